The van der Waals surface area contributed by atoms with E-state index in [9.17, 15) is 4.79 Å². The molecule has 1 atom stereocenters. The molecule has 0 spiro atoms. The lowest BCUT2D eigenvalue weighted by Crippen LogP contribution is -2.51. The third-order valence-electron chi connectivity index (χ3n) is 3.03. The molecule has 0 aromatic heterocycles. The fourth-order valence-corrected chi connectivity index (χ4v) is 1.80. The molecule has 1 unspecified atom stereocenters. The normalized spacial score (nSPS) is 14.9. The number of esters is 1. The number of methoxy groups -OCH3 is 1. The summed E-state index contributed by atoms with van der Waals surface area (Å²) in [6.07, 6.45) is 0.773. The van der Waals surface area contributed by atoms with E-state index in [1.807, 2.05) is 13.8 Å². The van der Waals surface area contributed by atoms with Gasteiger partial charge in [0.1, 0.15) is 5.54 Å². The van der Waals surface area contributed by atoms with Gasteiger partial charge in [-0.25, -0.2) is 0 Å². The number of hydrogen-bond acceptors (Lipinski definition) is 4. The summed E-state index contributed by atoms with van der Waals surface area (Å²) in [6, 6.07) is 0. The van der Waals surface area contributed by atoms with Crippen molar-refractivity contribution >= 4 is 5.97 Å². The summed E-state index contributed by atoms with van der Waals surface area (Å²) in [6.45, 7) is 11.9. The van der Waals surface area contributed by atoms with Crippen molar-refractivity contribution in [3.63, 3.8) is 0 Å². The molecule has 0 rings (SSSR count). The number of rotatable bonds is 8. The van der Waals surface area contributed by atoms with Gasteiger partial charge >= 0.3 is 5.97 Å². The summed E-state index contributed by atoms with van der Waals surface area (Å²) in [5.74, 6) is -0.179. The predicted molar refractivity (Wildman–Crippen MR) is 66.5 cm³/mol. The van der Waals surface area contributed by atoms with Crippen molar-refractivity contribution in [2.75, 3.05) is 33.3 Å². The molecule has 0 radical (unpaired) electrons. The van der Waals surface area contributed by atoms with Crippen molar-refractivity contribution in [1.29, 1.82) is 0 Å². The first-order valence-electron chi connectivity index (χ1n) is 6.09. The quantitative estimate of drug-likeness (QED) is 0.637. The minimum Gasteiger partial charge on any atom is -0.468 e. The fraction of sp³-hybridized carbons (Fsp3) is 0.917. The van der Waals surface area contributed by atoms with Gasteiger partial charge in [-0.1, -0.05) is 20.8 Å². The second kappa shape index (κ2) is 7.63. The van der Waals surface area contributed by atoms with E-state index < -0.39 is 5.54 Å². The van der Waals surface area contributed by atoms with Gasteiger partial charge in [0.25, 0.3) is 0 Å². The summed E-state index contributed by atoms with van der Waals surface area (Å²) >= 11 is 0. The summed E-state index contributed by atoms with van der Waals surface area (Å²) in [7, 11) is 1.44. The molecule has 0 heterocycles. The fourth-order valence-electron chi connectivity index (χ4n) is 1.80. The van der Waals surface area contributed by atoms with Crippen molar-refractivity contribution in [1.82, 2.24) is 10.2 Å². The van der Waals surface area contributed by atoms with Gasteiger partial charge in [-0.2, -0.15) is 0 Å². The topological polar surface area (TPSA) is 41.6 Å². The Bertz CT molecular complexity index is 205. The highest BCUT2D eigenvalue weighted by Crippen LogP contribution is 2.12. The molecule has 16 heavy (non-hydrogen) atoms. The lowest BCUT2D eigenvalue weighted by Gasteiger charge is -2.30. The van der Waals surface area contributed by atoms with Gasteiger partial charge in [-0.15, -0.1) is 0 Å². The van der Waals surface area contributed by atoms with E-state index in [1.54, 1.807) is 0 Å². The standard InChI is InChI=1S/C12H26N2O2/c1-6-13-12(4,11(15)16-5)9-10-14(7-2)8-3/h13H,6-10H2,1-5H3. The molecule has 0 aromatic rings. The average molecular weight is 230 g/mol. The first-order valence-corrected chi connectivity index (χ1v) is 6.09. The second-order valence-electron chi connectivity index (χ2n) is 4.13. The van der Waals surface area contributed by atoms with Crippen molar-refractivity contribution in [3.05, 3.63) is 0 Å². The Labute approximate surface area is 99.3 Å². The van der Waals surface area contributed by atoms with Gasteiger partial charge < -0.3 is 15.0 Å². The Balaban J connectivity index is 4.37. The highest BCUT2D eigenvalue weighted by atomic mass is 16.5. The molecule has 0 aliphatic heterocycles. The van der Waals surface area contributed by atoms with Crippen molar-refractivity contribution < 1.29 is 9.53 Å². The third-order valence-corrected chi connectivity index (χ3v) is 3.03. The van der Waals surface area contributed by atoms with Crippen molar-refractivity contribution in [2.24, 2.45) is 0 Å². The van der Waals surface area contributed by atoms with Gasteiger partial charge in [0.05, 0.1) is 7.11 Å². The van der Waals surface area contributed by atoms with E-state index in [-0.39, 0.29) is 5.97 Å². The van der Waals surface area contributed by atoms with Gasteiger partial charge in [-0.05, 0) is 33.0 Å². The number of ether oxygens (including phenoxy) is 1. The van der Waals surface area contributed by atoms with Crippen LogP contribution in [-0.4, -0.2) is 49.7 Å². The van der Waals surface area contributed by atoms with E-state index in [2.05, 4.69) is 24.1 Å². The molecule has 0 saturated carbocycles. The van der Waals surface area contributed by atoms with Crippen LogP contribution in [-0.2, 0) is 9.53 Å². The minimum absolute atomic E-state index is 0.179. The van der Waals surface area contributed by atoms with Crippen molar-refractivity contribution in [2.45, 2.75) is 39.7 Å². The van der Waals surface area contributed by atoms with Crippen LogP contribution in [0.4, 0.5) is 0 Å². The van der Waals surface area contributed by atoms with E-state index in [0.29, 0.717) is 0 Å². The lowest BCUT2D eigenvalue weighted by molar-refractivity contribution is -0.148. The zero-order valence-corrected chi connectivity index (χ0v) is 11.3. The molecule has 0 bridgehead atoms. The molecule has 0 aliphatic carbocycles. The van der Waals surface area contributed by atoms with Gasteiger partial charge in [0.15, 0.2) is 0 Å². The van der Waals surface area contributed by atoms with Gasteiger partial charge in [-0.3, -0.25) is 4.79 Å². The van der Waals surface area contributed by atoms with Crippen LogP contribution in [0.25, 0.3) is 0 Å². The van der Waals surface area contributed by atoms with Crippen LogP contribution in [0.3, 0.4) is 0 Å². The zero-order chi connectivity index (χ0) is 12.6. The van der Waals surface area contributed by atoms with Crippen LogP contribution in [0.2, 0.25) is 0 Å². The maximum Gasteiger partial charge on any atom is 0.325 e. The molecule has 4 nitrogen and oxygen atoms in total. The molecular weight excluding hydrogens is 204 g/mol. The second-order valence-corrected chi connectivity index (χ2v) is 4.13. The minimum atomic E-state index is -0.563. The number of hydrogen-bond donors (Lipinski definition) is 1. The molecule has 1 N–H and O–H groups in total. The highest BCUT2D eigenvalue weighted by Gasteiger charge is 2.33. The smallest absolute Gasteiger partial charge is 0.325 e. The van der Waals surface area contributed by atoms with Crippen LogP contribution in [0.1, 0.15) is 34.1 Å². The number of nitrogens with one attached hydrogen (secondary N) is 1. The Hall–Kier alpha value is -0.610. The molecule has 0 amide bonds. The molecule has 0 aromatic carbocycles. The van der Waals surface area contributed by atoms with Crippen LogP contribution in [0, 0.1) is 0 Å². The van der Waals surface area contributed by atoms with Crippen LogP contribution >= 0.6 is 0 Å². The van der Waals surface area contributed by atoms with Crippen molar-refractivity contribution in [3.8, 4) is 0 Å². The first-order chi connectivity index (χ1) is 7.53. The molecule has 0 aliphatic rings. The molecular formula is C12H26N2O2. The SMILES string of the molecule is CCNC(C)(CCN(CC)CC)C(=O)OC. The average Bonchev–Trinajstić information content (AvgIpc) is 2.29. The lowest BCUT2D eigenvalue weighted by atomic mass is 9.97. The van der Waals surface area contributed by atoms with E-state index >= 15 is 0 Å². The van der Waals surface area contributed by atoms with E-state index in [0.717, 1.165) is 32.6 Å². The monoisotopic (exact) mass is 230 g/mol. The first kappa shape index (κ1) is 15.4. The maximum atomic E-state index is 11.7. The number of carbonyl (C=O) groups is 1. The Morgan fingerprint density at radius 2 is 1.88 bits per heavy atom. The molecule has 4 heteroatoms. The Morgan fingerprint density at radius 1 is 1.31 bits per heavy atom. The summed E-state index contributed by atoms with van der Waals surface area (Å²) in [5.41, 5.74) is -0.563. The Morgan fingerprint density at radius 3 is 2.25 bits per heavy atom. The Kier molecular flexibility index (Phi) is 7.34. The maximum absolute atomic E-state index is 11.7. The van der Waals surface area contributed by atoms with Crippen LogP contribution in [0.5, 0.6) is 0 Å². The summed E-state index contributed by atoms with van der Waals surface area (Å²) in [4.78, 5) is 14.0. The number of likely N-dealkylation sites (N-methyl/N-ethyl adjacent to an activating group) is 1. The molecule has 96 valence electrons. The summed E-state index contributed by atoms with van der Waals surface area (Å²) < 4.78 is 4.85. The van der Waals surface area contributed by atoms with E-state index in [1.165, 1.54) is 7.11 Å². The molecule has 0 fully saturated rings. The highest BCUT2D eigenvalue weighted by molar-refractivity contribution is 5.80. The summed E-state index contributed by atoms with van der Waals surface area (Å²) in [5, 5.41) is 3.21. The number of carbonyl (C=O) groups excluding carboxylic acids is 1. The van der Waals surface area contributed by atoms with Crippen LogP contribution in [0.15, 0.2) is 0 Å². The van der Waals surface area contributed by atoms with Gasteiger partial charge in [0, 0.05) is 6.54 Å². The number of nitrogens with zero attached hydrogens (tertiary/aromatic N) is 1. The largest absolute Gasteiger partial charge is 0.468 e. The third kappa shape index (κ3) is 4.49. The predicted octanol–water partition coefficient (Wildman–Crippen LogP) is 1.26. The molecule has 0 saturated heterocycles. The van der Waals surface area contributed by atoms with Gasteiger partial charge in [0.2, 0.25) is 0 Å². The van der Waals surface area contributed by atoms with Crippen LogP contribution < -0.4 is 5.32 Å². The van der Waals surface area contributed by atoms with E-state index in [4.69, 9.17) is 4.74 Å². The zero-order valence-electron chi connectivity index (χ0n) is 11.3.